The number of aliphatic carboxylic acids is 1. The van der Waals surface area contributed by atoms with E-state index in [1.165, 1.54) is 0 Å². The summed E-state index contributed by atoms with van der Waals surface area (Å²) in [5, 5.41) is 10.7. The summed E-state index contributed by atoms with van der Waals surface area (Å²) in [7, 11) is 0. The molecule has 1 heterocycles. The number of halogens is 1. The molecule has 2 N–H and O–H groups in total. The van der Waals surface area contributed by atoms with Crippen molar-refractivity contribution in [3.63, 3.8) is 0 Å². The van der Waals surface area contributed by atoms with Crippen LogP contribution in [0.25, 0.3) is 10.9 Å². The van der Waals surface area contributed by atoms with E-state index in [1.54, 1.807) is 24.4 Å². The van der Waals surface area contributed by atoms with Gasteiger partial charge in [0.15, 0.2) is 5.78 Å². The highest BCUT2D eigenvalue weighted by Crippen LogP contribution is 2.39. The lowest BCUT2D eigenvalue weighted by Crippen LogP contribution is -2.25. The zero-order chi connectivity index (χ0) is 15.1. The Kier molecular flexibility index (Phi) is 3.49. The second kappa shape index (κ2) is 5.19. The van der Waals surface area contributed by atoms with E-state index in [4.69, 9.17) is 11.6 Å². The van der Waals surface area contributed by atoms with Gasteiger partial charge >= 0.3 is 5.97 Å². The maximum Gasteiger partial charge on any atom is 0.307 e. The van der Waals surface area contributed by atoms with Gasteiger partial charge in [-0.1, -0.05) is 24.6 Å². The molecule has 1 aliphatic rings. The predicted molar refractivity (Wildman–Crippen MR) is 80.7 cm³/mol. The van der Waals surface area contributed by atoms with Crippen LogP contribution in [-0.2, 0) is 4.79 Å². The summed E-state index contributed by atoms with van der Waals surface area (Å²) in [6, 6.07) is 5.30. The molecule has 110 valence electrons. The summed E-state index contributed by atoms with van der Waals surface area (Å²) in [4.78, 5) is 27.1. The Hall–Kier alpha value is -1.81. The number of carboxylic acids is 1. The van der Waals surface area contributed by atoms with Crippen LogP contribution in [0.3, 0.4) is 0 Å². The van der Waals surface area contributed by atoms with Crippen molar-refractivity contribution in [3.8, 4) is 0 Å². The molecule has 3 unspecified atom stereocenters. The highest BCUT2D eigenvalue weighted by Gasteiger charge is 2.41. The van der Waals surface area contributed by atoms with Crippen LogP contribution in [0, 0.1) is 17.8 Å². The van der Waals surface area contributed by atoms with Crippen LogP contribution >= 0.6 is 11.6 Å². The molecular formula is C16H16ClNO3. The second-order valence-electron chi connectivity index (χ2n) is 5.88. The number of benzene rings is 1. The fraction of sp³-hybridized carbons (Fsp3) is 0.375. The van der Waals surface area contributed by atoms with Gasteiger partial charge in [0.1, 0.15) is 0 Å². The molecule has 1 aromatic carbocycles. The van der Waals surface area contributed by atoms with Gasteiger partial charge in [-0.25, -0.2) is 0 Å². The van der Waals surface area contributed by atoms with Gasteiger partial charge in [0, 0.05) is 33.6 Å². The minimum absolute atomic E-state index is 0.0830. The summed E-state index contributed by atoms with van der Waals surface area (Å²) in [6.07, 6.45) is 2.86. The number of nitrogens with one attached hydrogen (secondary N) is 1. The quantitative estimate of drug-likeness (QED) is 0.848. The van der Waals surface area contributed by atoms with Gasteiger partial charge < -0.3 is 10.1 Å². The standard InChI is InChI=1S/C16H16ClNO3/c1-8-4-11(12(5-8)16(20)21)15(19)13-7-18-14-6-9(17)2-3-10(13)14/h2-3,6-8,11-12,18H,4-5H2,1H3,(H,20,21). The topological polar surface area (TPSA) is 70.2 Å². The Bertz CT molecular complexity index is 721. The number of Topliss-reactive ketones (excluding diaryl/α,β-unsaturated/α-hetero) is 1. The van der Waals surface area contributed by atoms with Gasteiger partial charge in [0.25, 0.3) is 0 Å². The van der Waals surface area contributed by atoms with Gasteiger partial charge in [-0.15, -0.1) is 0 Å². The van der Waals surface area contributed by atoms with Crippen LogP contribution in [0.2, 0.25) is 5.02 Å². The molecular weight excluding hydrogens is 290 g/mol. The van der Waals surface area contributed by atoms with Crippen LogP contribution < -0.4 is 0 Å². The molecule has 4 nitrogen and oxygen atoms in total. The molecule has 21 heavy (non-hydrogen) atoms. The van der Waals surface area contributed by atoms with Gasteiger partial charge in [-0.05, 0) is 30.9 Å². The van der Waals surface area contributed by atoms with Gasteiger partial charge in [-0.3, -0.25) is 9.59 Å². The van der Waals surface area contributed by atoms with Gasteiger partial charge in [0.05, 0.1) is 5.92 Å². The Morgan fingerprint density at radius 1 is 1.29 bits per heavy atom. The van der Waals surface area contributed by atoms with E-state index in [0.717, 1.165) is 10.9 Å². The maximum atomic E-state index is 12.8. The van der Waals surface area contributed by atoms with Crippen molar-refractivity contribution in [2.45, 2.75) is 19.8 Å². The van der Waals surface area contributed by atoms with Crippen LogP contribution in [0.4, 0.5) is 0 Å². The molecule has 2 aromatic rings. The van der Waals surface area contributed by atoms with Crippen molar-refractivity contribution in [3.05, 3.63) is 35.0 Å². The summed E-state index contributed by atoms with van der Waals surface area (Å²) >= 11 is 5.94. The number of hydrogen-bond acceptors (Lipinski definition) is 2. The molecule has 1 aromatic heterocycles. The summed E-state index contributed by atoms with van der Waals surface area (Å²) in [5.41, 5.74) is 1.36. The zero-order valence-corrected chi connectivity index (χ0v) is 12.4. The molecule has 1 saturated carbocycles. The fourth-order valence-corrected chi connectivity index (χ4v) is 3.53. The number of rotatable bonds is 3. The Balaban J connectivity index is 1.98. The minimum Gasteiger partial charge on any atom is -0.481 e. The number of carbonyl (C=O) groups is 2. The maximum absolute atomic E-state index is 12.8. The number of aromatic nitrogens is 1. The zero-order valence-electron chi connectivity index (χ0n) is 11.6. The number of ketones is 1. The molecule has 1 aliphatic carbocycles. The molecule has 3 rings (SSSR count). The van der Waals surface area contributed by atoms with E-state index in [2.05, 4.69) is 4.98 Å². The normalized spacial score (nSPS) is 25.3. The first-order valence-electron chi connectivity index (χ1n) is 7.01. The lowest BCUT2D eigenvalue weighted by atomic mass is 9.88. The van der Waals surface area contributed by atoms with Gasteiger partial charge in [-0.2, -0.15) is 0 Å². The van der Waals surface area contributed by atoms with Crippen molar-refractivity contribution in [2.24, 2.45) is 17.8 Å². The van der Waals surface area contributed by atoms with Gasteiger partial charge in [0.2, 0.25) is 0 Å². The second-order valence-corrected chi connectivity index (χ2v) is 6.32. The largest absolute Gasteiger partial charge is 0.481 e. The minimum atomic E-state index is -0.874. The highest BCUT2D eigenvalue weighted by atomic mass is 35.5. The number of fused-ring (bicyclic) bond motifs is 1. The Morgan fingerprint density at radius 3 is 2.71 bits per heavy atom. The van der Waals surface area contributed by atoms with E-state index in [1.807, 2.05) is 6.92 Å². The Labute approximate surface area is 127 Å². The molecule has 0 aliphatic heterocycles. The molecule has 0 saturated heterocycles. The molecule has 5 heteroatoms. The number of carboxylic acid groups (broad SMARTS) is 1. The number of H-pyrrole nitrogens is 1. The fourth-order valence-electron chi connectivity index (χ4n) is 3.36. The van der Waals surface area contributed by atoms with Crippen LogP contribution in [0.5, 0.6) is 0 Å². The molecule has 0 bridgehead atoms. The SMILES string of the molecule is CC1CC(C(=O)O)C(C(=O)c2c[nH]c3cc(Cl)ccc23)C1. The van der Waals surface area contributed by atoms with Crippen molar-refractivity contribution in [2.75, 3.05) is 0 Å². The third-order valence-corrected chi connectivity index (χ3v) is 4.60. The summed E-state index contributed by atoms with van der Waals surface area (Å²) in [6.45, 7) is 2.00. The number of hydrogen-bond donors (Lipinski definition) is 2. The van der Waals surface area contributed by atoms with E-state index in [9.17, 15) is 14.7 Å². The van der Waals surface area contributed by atoms with Crippen molar-refractivity contribution in [1.29, 1.82) is 0 Å². The molecule has 0 amide bonds. The number of aromatic amines is 1. The van der Waals surface area contributed by atoms with E-state index >= 15 is 0 Å². The van der Waals surface area contributed by atoms with Crippen LogP contribution in [-0.4, -0.2) is 21.8 Å². The summed E-state index contributed by atoms with van der Waals surface area (Å²) in [5.74, 6) is -1.71. The lowest BCUT2D eigenvalue weighted by Gasteiger charge is -2.13. The average molecular weight is 306 g/mol. The van der Waals surface area contributed by atoms with E-state index in [0.29, 0.717) is 23.4 Å². The third-order valence-electron chi connectivity index (χ3n) is 4.36. The molecule has 1 fully saturated rings. The first kappa shape index (κ1) is 14.1. The van der Waals surface area contributed by atoms with Crippen molar-refractivity contribution < 1.29 is 14.7 Å². The van der Waals surface area contributed by atoms with E-state index in [-0.39, 0.29) is 11.7 Å². The smallest absolute Gasteiger partial charge is 0.307 e. The highest BCUT2D eigenvalue weighted by molar-refractivity contribution is 6.31. The van der Waals surface area contributed by atoms with E-state index < -0.39 is 17.8 Å². The van der Waals surface area contributed by atoms with Crippen LogP contribution in [0.1, 0.15) is 30.1 Å². The Morgan fingerprint density at radius 2 is 2.00 bits per heavy atom. The van der Waals surface area contributed by atoms with Crippen molar-refractivity contribution in [1.82, 2.24) is 4.98 Å². The average Bonchev–Trinajstić information content (AvgIpc) is 3.01. The first-order chi connectivity index (χ1) is 9.97. The monoisotopic (exact) mass is 305 g/mol. The molecule has 0 spiro atoms. The third kappa shape index (κ3) is 2.44. The summed E-state index contributed by atoms with van der Waals surface area (Å²) < 4.78 is 0. The number of carbonyl (C=O) groups excluding carboxylic acids is 1. The first-order valence-corrected chi connectivity index (χ1v) is 7.39. The lowest BCUT2D eigenvalue weighted by molar-refractivity contribution is -0.142. The molecule has 0 radical (unpaired) electrons. The van der Waals surface area contributed by atoms with Crippen LogP contribution in [0.15, 0.2) is 24.4 Å². The predicted octanol–water partition coefficient (Wildman–Crippen LogP) is 3.75. The van der Waals surface area contributed by atoms with Crippen molar-refractivity contribution >= 4 is 34.3 Å². The molecule has 3 atom stereocenters.